The molecule has 1 fully saturated rings. The first-order valence-corrected chi connectivity index (χ1v) is 6.84. The fourth-order valence-corrected chi connectivity index (χ4v) is 2.55. The summed E-state index contributed by atoms with van der Waals surface area (Å²) in [7, 11) is 1.47. The summed E-state index contributed by atoms with van der Waals surface area (Å²) in [4.78, 5) is 23.9. The molecule has 7 heteroatoms. The molecule has 0 spiro atoms. The summed E-state index contributed by atoms with van der Waals surface area (Å²) in [5, 5.41) is 8.59. The number of amides is 1. The molecular formula is C15H16F3NO3. The highest BCUT2D eigenvalue weighted by Crippen LogP contribution is 2.51. The quantitative estimate of drug-likeness (QED) is 0.909. The molecule has 1 aromatic carbocycles. The SMILES string of the molecule is CN(CCC(=O)O)C(=O)[C@@H]1C[C@@H]1c1ccccc1C(F)(F)F. The van der Waals surface area contributed by atoms with Gasteiger partial charge in [-0.25, -0.2) is 0 Å². The second-order valence-electron chi connectivity index (χ2n) is 5.44. The Kier molecular flexibility index (Phi) is 4.44. The van der Waals surface area contributed by atoms with Gasteiger partial charge in [0.15, 0.2) is 0 Å². The molecule has 0 aliphatic heterocycles. The molecule has 0 radical (unpaired) electrons. The van der Waals surface area contributed by atoms with E-state index in [1.807, 2.05) is 0 Å². The average Bonchev–Trinajstić information content (AvgIpc) is 3.23. The first-order chi connectivity index (χ1) is 10.2. The molecule has 2 rings (SSSR count). The van der Waals surface area contributed by atoms with Gasteiger partial charge in [-0.15, -0.1) is 0 Å². The van der Waals surface area contributed by atoms with Crippen LogP contribution in [0.2, 0.25) is 0 Å². The van der Waals surface area contributed by atoms with Crippen LogP contribution in [0.4, 0.5) is 13.2 Å². The predicted octanol–water partition coefficient (Wildman–Crippen LogP) is 2.74. The molecule has 1 aliphatic rings. The lowest BCUT2D eigenvalue weighted by Gasteiger charge is -2.17. The van der Waals surface area contributed by atoms with Gasteiger partial charge >= 0.3 is 12.1 Å². The smallest absolute Gasteiger partial charge is 0.416 e. The molecule has 1 N–H and O–H groups in total. The van der Waals surface area contributed by atoms with Crippen molar-refractivity contribution in [1.82, 2.24) is 4.90 Å². The largest absolute Gasteiger partial charge is 0.481 e. The second-order valence-corrected chi connectivity index (χ2v) is 5.44. The van der Waals surface area contributed by atoms with E-state index in [0.717, 1.165) is 6.07 Å². The number of halogens is 3. The van der Waals surface area contributed by atoms with Crippen LogP contribution >= 0.6 is 0 Å². The lowest BCUT2D eigenvalue weighted by Crippen LogP contribution is -2.30. The Morgan fingerprint density at radius 2 is 1.95 bits per heavy atom. The summed E-state index contributed by atoms with van der Waals surface area (Å²) in [5.41, 5.74) is -0.566. The third-order valence-corrected chi connectivity index (χ3v) is 3.81. The second kappa shape index (κ2) is 5.98. The summed E-state index contributed by atoms with van der Waals surface area (Å²) < 4.78 is 38.9. The van der Waals surface area contributed by atoms with E-state index in [4.69, 9.17) is 5.11 Å². The lowest BCUT2D eigenvalue weighted by molar-refractivity contribution is -0.140. The van der Waals surface area contributed by atoms with E-state index in [-0.39, 0.29) is 24.4 Å². The van der Waals surface area contributed by atoms with Crippen LogP contribution in [0.3, 0.4) is 0 Å². The molecule has 0 bridgehead atoms. The van der Waals surface area contributed by atoms with Gasteiger partial charge in [-0.05, 0) is 24.0 Å². The topological polar surface area (TPSA) is 57.6 Å². The maximum atomic E-state index is 13.0. The van der Waals surface area contributed by atoms with Gasteiger partial charge < -0.3 is 10.0 Å². The maximum absolute atomic E-state index is 13.0. The lowest BCUT2D eigenvalue weighted by atomic mass is 10.0. The number of alkyl halides is 3. The van der Waals surface area contributed by atoms with Crippen LogP contribution < -0.4 is 0 Å². The van der Waals surface area contributed by atoms with E-state index >= 15 is 0 Å². The van der Waals surface area contributed by atoms with Crippen molar-refractivity contribution in [3.05, 3.63) is 35.4 Å². The number of carboxylic acid groups (broad SMARTS) is 1. The summed E-state index contributed by atoms with van der Waals surface area (Å²) >= 11 is 0. The minimum absolute atomic E-state index is 0.0539. The zero-order chi connectivity index (χ0) is 16.5. The Hall–Kier alpha value is -2.05. The number of benzene rings is 1. The molecule has 0 heterocycles. The Morgan fingerprint density at radius 1 is 1.32 bits per heavy atom. The van der Waals surface area contributed by atoms with Crippen molar-refractivity contribution in [2.45, 2.75) is 24.9 Å². The van der Waals surface area contributed by atoms with E-state index < -0.39 is 29.5 Å². The summed E-state index contributed by atoms with van der Waals surface area (Å²) in [5.74, 6) is -2.27. The van der Waals surface area contributed by atoms with Gasteiger partial charge in [0.25, 0.3) is 0 Å². The average molecular weight is 315 g/mol. The molecule has 4 nitrogen and oxygen atoms in total. The first-order valence-electron chi connectivity index (χ1n) is 6.84. The third-order valence-electron chi connectivity index (χ3n) is 3.81. The van der Waals surface area contributed by atoms with Gasteiger partial charge in [-0.3, -0.25) is 9.59 Å². The van der Waals surface area contributed by atoms with E-state index in [1.165, 1.54) is 30.1 Å². The zero-order valence-electron chi connectivity index (χ0n) is 11.9. The number of nitrogens with zero attached hydrogens (tertiary/aromatic N) is 1. The molecule has 0 saturated heterocycles. The van der Waals surface area contributed by atoms with Gasteiger partial charge in [-0.2, -0.15) is 13.2 Å². The fraction of sp³-hybridized carbons (Fsp3) is 0.467. The van der Waals surface area contributed by atoms with Gasteiger partial charge in [0.05, 0.1) is 12.0 Å². The van der Waals surface area contributed by atoms with Crippen molar-refractivity contribution >= 4 is 11.9 Å². The number of carbonyl (C=O) groups is 2. The Labute approximate surface area is 125 Å². The summed E-state index contributed by atoms with van der Waals surface area (Å²) in [6, 6.07) is 5.27. The maximum Gasteiger partial charge on any atom is 0.416 e. The number of rotatable bonds is 5. The molecule has 1 aromatic rings. The summed E-state index contributed by atoms with van der Waals surface area (Å²) in [6.45, 7) is 0.0539. The highest BCUT2D eigenvalue weighted by molar-refractivity contribution is 5.83. The van der Waals surface area contributed by atoms with Gasteiger partial charge in [0, 0.05) is 19.5 Å². The van der Waals surface area contributed by atoms with Crippen LogP contribution in [0.25, 0.3) is 0 Å². The molecule has 120 valence electrons. The van der Waals surface area contributed by atoms with Crippen molar-refractivity contribution in [3.8, 4) is 0 Å². The predicted molar refractivity (Wildman–Crippen MR) is 72.2 cm³/mol. The zero-order valence-corrected chi connectivity index (χ0v) is 11.9. The molecular weight excluding hydrogens is 299 g/mol. The van der Waals surface area contributed by atoms with Crippen LogP contribution in [0, 0.1) is 5.92 Å². The Balaban J connectivity index is 2.07. The van der Waals surface area contributed by atoms with Crippen molar-refractivity contribution < 1.29 is 27.9 Å². The van der Waals surface area contributed by atoms with Crippen LogP contribution in [0.1, 0.15) is 29.9 Å². The Bertz CT molecular complexity index is 586. The molecule has 0 unspecified atom stereocenters. The highest BCUT2D eigenvalue weighted by atomic mass is 19.4. The van der Waals surface area contributed by atoms with Crippen molar-refractivity contribution in [1.29, 1.82) is 0 Å². The van der Waals surface area contributed by atoms with E-state index in [9.17, 15) is 22.8 Å². The molecule has 1 amide bonds. The van der Waals surface area contributed by atoms with E-state index in [0.29, 0.717) is 6.42 Å². The van der Waals surface area contributed by atoms with Gasteiger partial charge in [-0.1, -0.05) is 18.2 Å². The minimum Gasteiger partial charge on any atom is -0.481 e. The van der Waals surface area contributed by atoms with Crippen LogP contribution in [0.5, 0.6) is 0 Å². The van der Waals surface area contributed by atoms with Crippen molar-refractivity contribution in [3.63, 3.8) is 0 Å². The first kappa shape index (κ1) is 16.3. The molecule has 1 aliphatic carbocycles. The molecule has 0 aromatic heterocycles. The Morgan fingerprint density at radius 3 is 2.55 bits per heavy atom. The number of aliphatic carboxylic acids is 1. The number of carbonyl (C=O) groups excluding carboxylic acids is 1. The van der Waals surface area contributed by atoms with Gasteiger partial charge in [0.2, 0.25) is 5.91 Å². The molecule has 2 atom stereocenters. The number of hydrogen-bond donors (Lipinski definition) is 1. The number of hydrogen-bond acceptors (Lipinski definition) is 2. The van der Waals surface area contributed by atoms with Crippen molar-refractivity contribution in [2.75, 3.05) is 13.6 Å². The standard InChI is InChI=1S/C15H16F3NO3/c1-19(7-6-13(20)21)14(22)11-8-10(11)9-4-2-3-5-12(9)15(16,17)18/h2-5,10-11H,6-8H2,1H3,(H,20,21)/t10-,11-/m1/s1. The highest BCUT2D eigenvalue weighted by Gasteiger charge is 2.48. The van der Waals surface area contributed by atoms with Crippen LogP contribution in [-0.2, 0) is 15.8 Å². The fourth-order valence-electron chi connectivity index (χ4n) is 2.55. The van der Waals surface area contributed by atoms with E-state index in [2.05, 4.69) is 0 Å². The van der Waals surface area contributed by atoms with Crippen molar-refractivity contribution in [2.24, 2.45) is 5.92 Å². The van der Waals surface area contributed by atoms with Crippen LogP contribution in [-0.4, -0.2) is 35.5 Å². The summed E-state index contributed by atoms with van der Waals surface area (Å²) in [6.07, 6.45) is -4.26. The third kappa shape index (κ3) is 3.58. The monoisotopic (exact) mass is 315 g/mol. The molecule has 1 saturated carbocycles. The van der Waals surface area contributed by atoms with Gasteiger partial charge in [0.1, 0.15) is 0 Å². The normalized spacial score (nSPS) is 20.5. The van der Waals surface area contributed by atoms with E-state index in [1.54, 1.807) is 0 Å². The minimum atomic E-state index is -4.44. The van der Waals surface area contributed by atoms with Crippen LogP contribution in [0.15, 0.2) is 24.3 Å². The number of carboxylic acids is 1. The molecule has 22 heavy (non-hydrogen) atoms.